The third kappa shape index (κ3) is 5.37. The van der Waals surface area contributed by atoms with E-state index in [4.69, 9.17) is 11.6 Å². The molecule has 1 atom stereocenters. The molecule has 0 aliphatic rings. The molecule has 0 fully saturated rings. The van der Waals surface area contributed by atoms with E-state index in [0.717, 1.165) is 35.1 Å². The third-order valence-corrected chi connectivity index (χ3v) is 8.61. The molecule has 0 aliphatic carbocycles. The first-order valence-corrected chi connectivity index (χ1v) is 14.4. The van der Waals surface area contributed by atoms with Crippen LogP contribution in [0, 0.1) is 6.92 Å². The molecule has 7 nitrogen and oxygen atoms in total. The molecule has 4 rings (SSSR count). The summed E-state index contributed by atoms with van der Waals surface area (Å²) in [4.78, 5) is 20.6. The summed E-state index contributed by atoms with van der Waals surface area (Å²) in [5.41, 5.74) is 2.48. The number of halogens is 1. The summed E-state index contributed by atoms with van der Waals surface area (Å²) in [6.45, 7) is 5.84. The largest absolute Gasteiger partial charge is 0.493 e. The molecule has 0 saturated heterocycles. The van der Waals surface area contributed by atoms with Crippen LogP contribution in [0.5, 0.6) is 5.88 Å². The number of pyridine rings is 1. The van der Waals surface area contributed by atoms with Gasteiger partial charge in [0.05, 0.1) is 10.9 Å². The predicted octanol–water partition coefficient (Wildman–Crippen LogP) is 6.15. The van der Waals surface area contributed by atoms with Crippen molar-refractivity contribution < 1.29 is 13.5 Å². The van der Waals surface area contributed by atoms with Crippen molar-refractivity contribution in [2.24, 2.45) is 0 Å². The predicted molar refractivity (Wildman–Crippen MR) is 149 cm³/mol. The number of aromatic hydroxyl groups is 1. The molecule has 1 N–H and O–H groups in total. The molecular formula is C29H30ClN3O4S. The molecule has 0 spiro atoms. The smallest absolute Gasteiger partial charge is 0.296 e. The van der Waals surface area contributed by atoms with Gasteiger partial charge >= 0.3 is 0 Å². The SMILES string of the molecule is CCCCc1nc(=O)c(S(=O)(=O)c2ccc(-c3ccncc3C)cc2)c(O)n1C(CC)c1cccc(Cl)c1. The molecule has 0 saturated carbocycles. The van der Waals surface area contributed by atoms with Gasteiger partial charge in [-0.05, 0) is 72.4 Å². The van der Waals surface area contributed by atoms with E-state index in [9.17, 15) is 18.3 Å². The minimum atomic E-state index is -4.39. The lowest BCUT2D eigenvalue weighted by Gasteiger charge is -2.25. The Labute approximate surface area is 227 Å². The maximum absolute atomic E-state index is 13.7. The maximum atomic E-state index is 13.7. The van der Waals surface area contributed by atoms with Crippen molar-refractivity contribution in [1.29, 1.82) is 0 Å². The molecule has 0 bridgehead atoms. The Bertz CT molecular complexity index is 1620. The van der Waals surface area contributed by atoms with Crippen molar-refractivity contribution in [2.75, 3.05) is 0 Å². The van der Waals surface area contributed by atoms with Gasteiger partial charge in [0.15, 0.2) is 4.90 Å². The first kappa shape index (κ1) is 27.5. The Morgan fingerprint density at radius 3 is 2.45 bits per heavy atom. The molecular weight excluding hydrogens is 522 g/mol. The van der Waals surface area contributed by atoms with Gasteiger partial charge < -0.3 is 5.11 Å². The summed E-state index contributed by atoms with van der Waals surface area (Å²) >= 11 is 6.24. The number of aromatic nitrogens is 3. The van der Waals surface area contributed by atoms with Crippen LogP contribution in [0.1, 0.15) is 56.1 Å². The van der Waals surface area contributed by atoms with E-state index in [1.54, 1.807) is 42.7 Å². The summed E-state index contributed by atoms with van der Waals surface area (Å²) in [5.74, 6) is -0.277. The summed E-state index contributed by atoms with van der Waals surface area (Å²) in [6, 6.07) is 14.8. The highest BCUT2D eigenvalue weighted by atomic mass is 35.5. The first-order chi connectivity index (χ1) is 18.2. The average Bonchev–Trinajstić information content (AvgIpc) is 2.89. The second-order valence-electron chi connectivity index (χ2n) is 9.16. The fourth-order valence-corrected chi connectivity index (χ4v) is 6.18. The monoisotopic (exact) mass is 551 g/mol. The Hall–Kier alpha value is -3.49. The number of sulfone groups is 1. The van der Waals surface area contributed by atoms with E-state index >= 15 is 0 Å². The number of rotatable bonds is 9. The molecule has 2 aromatic carbocycles. The number of hydrogen-bond donors (Lipinski definition) is 1. The zero-order chi connectivity index (χ0) is 27.4. The number of hydrogen-bond acceptors (Lipinski definition) is 6. The van der Waals surface area contributed by atoms with Crippen LogP contribution >= 0.6 is 11.6 Å². The highest BCUT2D eigenvalue weighted by Gasteiger charge is 2.32. The van der Waals surface area contributed by atoms with Crippen LogP contribution in [-0.4, -0.2) is 28.1 Å². The number of benzene rings is 2. The van der Waals surface area contributed by atoms with Crippen molar-refractivity contribution >= 4 is 21.4 Å². The van der Waals surface area contributed by atoms with Gasteiger partial charge in [-0.2, -0.15) is 4.98 Å². The average molecular weight is 552 g/mol. The van der Waals surface area contributed by atoms with Crippen LogP contribution in [0.25, 0.3) is 11.1 Å². The highest BCUT2D eigenvalue weighted by Crippen LogP contribution is 2.34. The van der Waals surface area contributed by atoms with Gasteiger partial charge in [0.25, 0.3) is 5.56 Å². The fourth-order valence-electron chi connectivity index (χ4n) is 4.63. The van der Waals surface area contributed by atoms with Crippen molar-refractivity contribution in [3.8, 4) is 17.0 Å². The van der Waals surface area contributed by atoms with Gasteiger partial charge in [-0.15, -0.1) is 0 Å². The molecule has 1 unspecified atom stereocenters. The van der Waals surface area contributed by atoms with Crippen LogP contribution in [0.15, 0.2) is 81.6 Å². The van der Waals surface area contributed by atoms with Crippen molar-refractivity contribution in [1.82, 2.24) is 14.5 Å². The minimum Gasteiger partial charge on any atom is -0.493 e. The van der Waals surface area contributed by atoms with Gasteiger partial charge in [0.1, 0.15) is 5.82 Å². The molecule has 38 heavy (non-hydrogen) atoms. The van der Waals surface area contributed by atoms with E-state index in [1.165, 1.54) is 16.7 Å². The number of nitrogens with zero attached hydrogens (tertiary/aromatic N) is 3. The molecule has 0 radical (unpaired) electrons. The number of aryl methyl sites for hydroxylation is 2. The standard InChI is InChI=1S/C29H30ClN3O4S/c1-4-6-10-26-32-28(34)27(29(35)33(26)25(5-2)21-8-7-9-22(30)17-21)38(36,37)23-13-11-20(12-14-23)24-15-16-31-18-19(24)3/h7-9,11-18,25,35H,4-6,10H2,1-3H3. The maximum Gasteiger partial charge on any atom is 0.296 e. The molecule has 9 heteroatoms. The molecule has 198 valence electrons. The highest BCUT2D eigenvalue weighted by molar-refractivity contribution is 7.91. The zero-order valence-corrected chi connectivity index (χ0v) is 23.1. The van der Waals surface area contributed by atoms with E-state index in [0.29, 0.717) is 23.7 Å². The molecule has 2 heterocycles. The van der Waals surface area contributed by atoms with E-state index in [2.05, 4.69) is 9.97 Å². The third-order valence-electron chi connectivity index (χ3n) is 6.58. The summed E-state index contributed by atoms with van der Waals surface area (Å²) < 4.78 is 28.9. The molecule has 2 aromatic heterocycles. The van der Waals surface area contributed by atoms with Gasteiger partial charge in [-0.25, -0.2) is 8.42 Å². The Morgan fingerprint density at radius 2 is 1.82 bits per heavy atom. The fraction of sp³-hybridized carbons (Fsp3) is 0.276. The van der Waals surface area contributed by atoms with Gasteiger partial charge in [0, 0.05) is 23.8 Å². The van der Waals surface area contributed by atoms with Gasteiger partial charge in [0.2, 0.25) is 15.7 Å². The lowest BCUT2D eigenvalue weighted by Crippen LogP contribution is -2.27. The van der Waals surface area contributed by atoms with Crippen LogP contribution in [0.3, 0.4) is 0 Å². The minimum absolute atomic E-state index is 0.106. The van der Waals surface area contributed by atoms with Crippen molar-refractivity contribution in [3.63, 3.8) is 0 Å². The summed E-state index contributed by atoms with van der Waals surface area (Å²) in [5, 5.41) is 12.0. The second-order valence-corrected chi connectivity index (χ2v) is 11.5. The normalized spacial score (nSPS) is 12.4. The molecule has 0 aliphatic heterocycles. The Morgan fingerprint density at radius 1 is 1.08 bits per heavy atom. The van der Waals surface area contributed by atoms with Crippen LogP contribution in [0.4, 0.5) is 0 Å². The lowest BCUT2D eigenvalue weighted by atomic mass is 10.0. The quantitative estimate of drug-likeness (QED) is 0.268. The number of unbranched alkanes of at least 4 members (excludes halogenated alkanes) is 1. The lowest BCUT2D eigenvalue weighted by molar-refractivity contribution is 0.358. The van der Waals surface area contributed by atoms with Crippen LogP contribution < -0.4 is 5.56 Å². The van der Waals surface area contributed by atoms with Gasteiger partial charge in [-0.3, -0.25) is 14.3 Å². The van der Waals surface area contributed by atoms with Gasteiger partial charge in [-0.1, -0.05) is 56.1 Å². The topological polar surface area (TPSA) is 102 Å². The van der Waals surface area contributed by atoms with Crippen LogP contribution in [0.2, 0.25) is 5.02 Å². The molecule has 0 amide bonds. The van der Waals surface area contributed by atoms with Crippen molar-refractivity contribution in [3.05, 3.63) is 99.3 Å². The summed E-state index contributed by atoms with van der Waals surface area (Å²) in [7, 11) is -4.39. The molecule has 4 aromatic rings. The Kier molecular flexibility index (Phi) is 8.33. The van der Waals surface area contributed by atoms with Crippen molar-refractivity contribution in [2.45, 2.75) is 62.3 Å². The van der Waals surface area contributed by atoms with Crippen LogP contribution in [-0.2, 0) is 16.3 Å². The van der Waals surface area contributed by atoms with E-state index < -0.39 is 32.2 Å². The summed E-state index contributed by atoms with van der Waals surface area (Å²) in [6.07, 6.45) is 5.89. The Balaban J connectivity index is 1.87. The first-order valence-electron chi connectivity index (χ1n) is 12.5. The second kappa shape index (κ2) is 11.5. The van der Waals surface area contributed by atoms with E-state index in [1.807, 2.05) is 32.9 Å². The van der Waals surface area contributed by atoms with E-state index in [-0.39, 0.29) is 4.90 Å². The zero-order valence-electron chi connectivity index (χ0n) is 21.6.